The number of hydrogen-bond donors (Lipinski definition) is 2. The van der Waals surface area contributed by atoms with Gasteiger partial charge in [-0.1, -0.05) is 18.5 Å². The third-order valence-electron chi connectivity index (χ3n) is 2.54. The Balaban J connectivity index is 2.77. The van der Waals surface area contributed by atoms with Gasteiger partial charge in [0.1, 0.15) is 5.56 Å². The predicted molar refractivity (Wildman–Crippen MR) is 69.1 cm³/mol. The fourth-order valence-corrected chi connectivity index (χ4v) is 1.66. The lowest BCUT2D eigenvalue weighted by Crippen LogP contribution is -2.27. The molecule has 0 saturated carbocycles. The quantitative estimate of drug-likeness (QED) is 0.469. The van der Waals surface area contributed by atoms with E-state index in [1.54, 1.807) is 0 Å². The number of carbonyl (C=O) groups is 1. The van der Waals surface area contributed by atoms with Crippen LogP contribution in [-0.4, -0.2) is 33.6 Å². The van der Waals surface area contributed by atoms with E-state index in [0.717, 1.165) is 0 Å². The van der Waals surface area contributed by atoms with Crippen LogP contribution in [0.5, 0.6) is 0 Å². The highest BCUT2D eigenvalue weighted by Gasteiger charge is 2.24. The second kappa shape index (κ2) is 7.01. The van der Waals surface area contributed by atoms with Crippen LogP contribution >= 0.6 is 11.6 Å². The predicted octanol–water partition coefficient (Wildman–Crippen LogP) is 1.53. The van der Waals surface area contributed by atoms with Crippen molar-refractivity contribution in [2.75, 3.05) is 6.54 Å². The molecule has 1 heterocycles. The van der Waals surface area contributed by atoms with Crippen LogP contribution in [0.4, 0.5) is 5.69 Å². The average molecular weight is 288 g/mol. The maximum Gasteiger partial charge on any atom is 0.319 e. The van der Waals surface area contributed by atoms with E-state index < -0.39 is 22.6 Å². The number of carbonyl (C=O) groups excluding carboxylic acids is 1. The SMILES string of the molecule is CCC(O)CCNC(=O)c1ccnc(Cl)c1[N+](=O)[O-]. The number of hydrogen-bond acceptors (Lipinski definition) is 5. The van der Waals surface area contributed by atoms with Gasteiger partial charge in [-0.05, 0) is 18.9 Å². The normalized spacial score (nSPS) is 11.9. The molecule has 19 heavy (non-hydrogen) atoms. The van der Waals surface area contributed by atoms with Gasteiger partial charge in [0.2, 0.25) is 5.15 Å². The zero-order chi connectivity index (χ0) is 14.4. The molecule has 0 saturated heterocycles. The van der Waals surface area contributed by atoms with Gasteiger partial charge in [-0.2, -0.15) is 0 Å². The second-order valence-electron chi connectivity index (χ2n) is 3.86. The number of amides is 1. The molecule has 0 aliphatic carbocycles. The van der Waals surface area contributed by atoms with Crippen molar-refractivity contribution in [1.82, 2.24) is 10.3 Å². The largest absolute Gasteiger partial charge is 0.393 e. The molecule has 0 aliphatic heterocycles. The molecule has 0 radical (unpaired) electrons. The summed E-state index contributed by atoms with van der Waals surface area (Å²) >= 11 is 5.60. The number of pyridine rings is 1. The van der Waals surface area contributed by atoms with Crippen LogP contribution in [0.2, 0.25) is 5.15 Å². The molecule has 7 nitrogen and oxygen atoms in total. The molecule has 0 spiro atoms. The van der Waals surface area contributed by atoms with Crippen molar-refractivity contribution < 1.29 is 14.8 Å². The summed E-state index contributed by atoms with van der Waals surface area (Å²) in [5.41, 5.74) is -0.659. The van der Waals surface area contributed by atoms with E-state index in [1.165, 1.54) is 12.3 Å². The number of aliphatic hydroxyl groups is 1. The van der Waals surface area contributed by atoms with Gasteiger partial charge < -0.3 is 10.4 Å². The smallest absolute Gasteiger partial charge is 0.319 e. The number of aliphatic hydroxyl groups excluding tert-OH is 1. The van der Waals surface area contributed by atoms with Crippen LogP contribution < -0.4 is 5.32 Å². The molecular weight excluding hydrogens is 274 g/mol. The Kier molecular flexibility index (Phi) is 5.65. The first kappa shape index (κ1) is 15.3. The summed E-state index contributed by atoms with van der Waals surface area (Å²) in [4.78, 5) is 25.5. The van der Waals surface area contributed by atoms with Crippen LogP contribution in [-0.2, 0) is 0 Å². The molecule has 1 aromatic rings. The van der Waals surface area contributed by atoms with E-state index in [1.807, 2.05) is 6.92 Å². The summed E-state index contributed by atoms with van der Waals surface area (Å²) in [7, 11) is 0. The van der Waals surface area contributed by atoms with Crippen LogP contribution in [0, 0.1) is 10.1 Å². The van der Waals surface area contributed by atoms with Gasteiger partial charge in [0, 0.05) is 12.7 Å². The van der Waals surface area contributed by atoms with Crippen LogP contribution in [0.3, 0.4) is 0 Å². The van der Waals surface area contributed by atoms with Gasteiger partial charge in [0.15, 0.2) is 0 Å². The minimum atomic E-state index is -0.745. The maximum atomic E-state index is 11.8. The molecule has 1 unspecified atom stereocenters. The van der Waals surface area contributed by atoms with Crippen molar-refractivity contribution in [2.24, 2.45) is 0 Å². The van der Waals surface area contributed by atoms with Gasteiger partial charge in [-0.15, -0.1) is 0 Å². The fourth-order valence-electron chi connectivity index (χ4n) is 1.44. The number of aromatic nitrogens is 1. The Labute approximate surface area is 114 Å². The zero-order valence-corrected chi connectivity index (χ0v) is 11.1. The van der Waals surface area contributed by atoms with E-state index in [-0.39, 0.29) is 17.3 Å². The lowest BCUT2D eigenvalue weighted by Gasteiger charge is -2.09. The molecule has 0 bridgehead atoms. The van der Waals surface area contributed by atoms with Gasteiger partial charge in [0.05, 0.1) is 11.0 Å². The Morgan fingerprint density at radius 1 is 1.68 bits per heavy atom. The molecule has 1 rings (SSSR count). The first-order valence-electron chi connectivity index (χ1n) is 5.72. The first-order chi connectivity index (χ1) is 8.97. The fraction of sp³-hybridized carbons (Fsp3) is 0.455. The van der Waals surface area contributed by atoms with Crippen LogP contribution in [0.25, 0.3) is 0 Å². The molecule has 0 aliphatic rings. The monoisotopic (exact) mass is 287 g/mol. The van der Waals surface area contributed by atoms with Gasteiger partial charge >= 0.3 is 5.69 Å². The summed E-state index contributed by atoms with van der Waals surface area (Å²) in [6.45, 7) is 2.05. The van der Waals surface area contributed by atoms with Crippen molar-refractivity contribution in [1.29, 1.82) is 0 Å². The molecular formula is C11H14ClN3O4. The maximum absolute atomic E-state index is 11.8. The lowest BCUT2D eigenvalue weighted by atomic mass is 10.2. The number of nitrogens with zero attached hydrogens (tertiary/aromatic N) is 2. The summed E-state index contributed by atoms with van der Waals surface area (Å²) in [6, 6.07) is 1.23. The van der Waals surface area contributed by atoms with Gasteiger partial charge in [-0.25, -0.2) is 4.98 Å². The zero-order valence-electron chi connectivity index (χ0n) is 10.3. The summed E-state index contributed by atoms with van der Waals surface area (Å²) in [6.07, 6.45) is 1.69. The standard InChI is InChI=1S/C11H14ClN3O4/c1-2-7(16)3-5-14-11(17)8-4-6-13-10(12)9(8)15(18)19/h4,6-7,16H,2-3,5H2,1H3,(H,14,17). The molecule has 1 amide bonds. The topological polar surface area (TPSA) is 105 Å². The number of nitro groups is 1. The highest BCUT2D eigenvalue weighted by molar-refractivity contribution is 6.32. The summed E-state index contributed by atoms with van der Waals surface area (Å²) in [5, 5.41) is 22.3. The molecule has 104 valence electrons. The third kappa shape index (κ3) is 4.15. The van der Waals surface area contributed by atoms with Crippen molar-refractivity contribution in [3.8, 4) is 0 Å². The van der Waals surface area contributed by atoms with Crippen LogP contribution in [0.15, 0.2) is 12.3 Å². The summed E-state index contributed by atoms with van der Waals surface area (Å²) < 4.78 is 0. The molecule has 1 atom stereocenters. The Hall–Kier alpha value is -1.73. The van der Waals surface area contributed by atoms with Crippen molar-refractivity contribution >= 4 is 23.2 Å². The van der Waals surface area contributed by atoms with E-state index in [0.29, 0.717) is 12.8 Å². The number of halogens is 1. The Morgan fingerprint density at radius 3 is 2.95 bits per heavy atom. The minimum absolute atomic E-state index is 0.143. The van der Waals surface area contributed by atoms with E-state index in [9.17, 15) is 20.0 Å². The highest BCUT2D eigenvalue weighted by atomic mass is 35.5. The molecule has 0 fully saturated rings. The highest BCUT2D eigenvalue weighted by Crippen LogP contribution is 2.25. The Morgan fingerprint density at radius 2 is 2.37 bits per heavy atom. The summed E-state index contributed by atoms with van der Waals surface area (Å²) in [5.74, 6) is -0.612. The minimum Gasteiger partial charge on any atom is -0.393 e. The van der Waals surface area contributed by atoms with E-state index in [2.05, 4.69) is 10.3 Å². The van der Waals surface area contributed by atoms with E-state index in [4.69, 9.17) is 11.6 Å². The first-order valence-corrected chi connectivity index (χ1v) is 6.10. The molecule has 2 N–H and O–H groups in total. The molecule has 1 aromatic heterocycles. The number of nitrogens with one attached hydrogen (secondary N) is 1. The second-order valence-corrected chi connectivity index (χ2v) is 4.22. The average Bonchev–Trinajstić information content (AvgIpc) is 2.37. The molecule has 8 heteroatoms. The van der Waals surface area contributed by atoms with Gasteiger partial charge in [-0.3, -0.25) is 14.9 Å². The van der Waals surface area contributed by atoms with Crippen molar-refractivity contribution in [3.63, 3.8) is 0 Å². The van der Waals surface area contributed by atoms with Crippen molar-refractivity contribution in [3.05, 3.63) is 33.1 Å². The Bertz CT molecular complexity index is 481. The third-order valence-corrected chi connectivity index (χ3v) is 2.82. The van der Waals surface area contributed by atoms with Crippen molar-refractivity contribution in [2.45, 2.75) is 25.9 Å². The molecule has 0 aromatic carbocycles. The van der Waals surface area contributed by atoms with E-state index >= 15 is 0 Å². The lowest BCUT2D eigenvalue weighted by molar-refractivity contribution is -0.385. The number of rotatable bonds is 6. The van der Waals surface area contributed by atoms with Gasteiger partial charge in [0.25, 0.3) is 5.91 Å². The van der Waals surface area contributed by atoms with Crippen LogP contribution in [0.1, 0.15) is 30.1 Å².